The van der Waals surface area contributed by atoms with Crippen molar-refractivity contribution in [1.82, 2.24) is 0 Å². The van der Waals surface area contributed by atoms with Gasteiger partial charge >= 0.3 is 0 Å². The van der Waals surface area contributed by atoms with E-state index >= 15 is 0 Å². The van der Waals surface area contributed by atoms with Crippen molar-refractivity contribution in [3.05, 3.63) is 59.2 Å². The van der Waals surface area contributed by atoms with Crippen LogP contribution in [0, 0.1) is 6.92 Å². The van der Waals surface area contributed by atoms with E-state index in [4.69, 9.17) is 9.47 Å². The van der Waals surface area contributed by atoms with Crippen LogP contribution in [0.3, 0.4) is 0 Å². The quantitative estimate of drug-likeness (QED) is 0.483. The van der Waals surface area contributed by atoms with Crippen molar-refractivity contribution in [1.29, 1.82) is 0 Å². The number of ether oxygens (including phenoxy) is 2. The van der Waals surface area contributed by atoms with Crippen molar-refractivity contribution in [2.45, 2.75) is 65.7 Å². The number of hydrogen-bond acceptors (Lipinski definition) is 3. The van der Waals surface area contributed by atoms with Crippen LogP contribution in [-0.4, -0.2) is 20.0 Å². The molecule has 0 aliphatic carbocycles. The molecule has 0 aliphatic heterocycles. The number of Topliss-reactive ketones (excluding diaryl/α,β-unsaturated/α-hetero) is 1. The number of methoxy groups -OCH3 is 2. The highest BCUT2D eigenvalue weighted by atomic mass is 16.5. The fourth-order valence-electron chi connectivity index (χ4n) is 3.60. The van der Waals surface area contributed by atoms with Gasteiger partial charge < -0.3 is 14.3 Å². The molecule has 2 unspecified atom stereocenters. The lowest BCUT2D eigenvalue weighted by Gasteiger charge is -2.24. The Morgan fingerprint density at radius 1 is 0.929 bits per heavy atom. The van der Waals surface area contributed by atoms with Crippen LogP contribution in [0.4, 0.5) is 0 Å². The van der Waals surface area contributed by atoms with Gasteiger partial charge in [-0.1, -0.05) is 45.0 Å². The third-order valence-corrected chi connectivity index (χ3v) is 5.07. The van der Waals surface area contributed by atoms with Gasteiger partial charge in [-0.2, -0.15) is 0 Å². The Bertz CT molecular complexity index is 719. The van der Waals surface area contributed by atoms with Crippen LogP contribution >= 0.6 is 0 Å². The molecule has 2 aromatic carbocycles. The summed E-state index contributed by atoms with van der Waals surface area (Å²) in [5.41, 5.74) is 3.66. The highest BCUT2D eigenvalue weighted by molar-refractivity contribution is 5.76. The molecule has 0 spiro atoms. The summed E-state index contributed by atoms with van der Waals surface area (Å²) >= 11 is 0. The molecule has 2 atom stereocenters. The molecule has 0 saturated carbocycles. The zero-order chi connectivity index (χ0) is 21.1. The monoisotopic (exact) mass is 384 g/mol. The van der Waals surface area contributed by atoms with Crippen LogP contribution in [-0.2, 0) is 4.79 Å². The lowest BCUT2D eigenvalue weighted by Crippen LogP contribution is -2.10. The molecule has 0 fully saturated rings. The normalized spacial score (nSPS) is 12.4. The van der Waals surface area contributed by atoms with Crippen LogP contribution < -0.4 is 9.47 Å². The number of benzene rings is 2. The van der Waals surface area contributed by atoms with Crippen molar-refractivity contribution >= 4 is 5.78 Å². The van der Waals surface area contributed by atoms with Gasteiger partial charge in [-0.3, -0.25) is 0 Å². The summed E-state index contributed by atoms with van der Waals surface area (Å²) in [7, 11) is 3.37. The second kappa shape index (κ2) is 12.2. The molecule has 0 radical (unpaired) electrons. The average Bonchev–Trinajstić information content (AvgIpc) is 2.72. The number of ketones is 1. The van der Waals surface area contributed by atoms with Crippen LogP contribution in [0.2, 0.25) is 0 Å². The summed E-state index contributed by atoms with van der Waals surface area (Å²) in [6, 6.07) is 14.5. The van der Waals surface area contributed by atoms with E-state index in [0.717, 1.165) is 29.9 Å². The number of aryl methyl sites for hydroxylation is 1. The summed E-state index contributed by atoms with van der Waals surface area (Å²) in [4.78, 5) is 11.9. The molecule has 0 aromatic heterocycles. The molecule has 3 nitrogen and oxygen atoms in total. The third kappa shape index (κ3) is 6.70. The second-order valence-electron chi connectivity index (χ2n) is 6.95. The highest BCUT2D eigenvalue weighted by Gasteiger charge is 2.21. The Labute approximate surface area is 171 Å². The number of carbonyl (C=O) groups excluding carboxylic acids is 1. The van der Waals surface area contributed by atoms with Gasteiger partial charge in [-0.25, -0.2) is 0 Å². The summed E-state index contributed by atoms with van der Waals surface area (Å²) in [6.45, 7) is 9.96. The fourth-order valence-corrected chi connectivity index (χ4v) is 3.60. The molecular weight excluding hydrogens is 348 g/mol. The first-order valence-corrected chi connectivity index (χ1v) is 10.3. The molecule has 0 N–H and O–H groups in total. The van der Waals surface area contributed by atoms with Crippen LogP contribution in [0.1, 0.15) is 75.5 Å². The summed E-state index contributed by atoms with van der Waals surface area (Å²) in [5.74, 6) is 2.61. The molecular formula is C25H36O3. The molecule has 0 amide bonds. The molecule has 0 bridgehead atoms. The molecule has 154 valence electrons. The van der Waals surface area contributed by atoms with E-state index in [0.29, 0.717) is 12.3 Å². The van der Waals surface area contributed by atoms with Gasteiger partial charge in [-0.15, -0.1) is 0 Å². The van der Waals surface area contributed by atoms with Gasteiger partial charge in [0.05, 0.1) is 14.2 Å². The van der Waals surface area contributed by atoms with E-state index in [-0.39, 0.29) is 11.7 Å². The topological polar surface area (TPSA) is 35.5 Å². The van der Waals surface area contributed by atoms with E-state index in [2.05, 4.69) is 38.1 Å². The van der Waals surface area contributed by atoms with E-state index in [1.54, 1.807) is 21.1 Å². The van der Waals surface area contributed by atoms with Gasteiger partial charge in [-0.05, 0) is 73.4 Å². The molecule has 2 rings (SSSR count). The van der Waals surface area contributed by atoms with Crippen molar-refractivity contribution < 1.29 is 14.3 Å². The summed E-state index contributed by atoms with van der Waals surface area (Å²) in [6.07, 6.45) is 2.56. The number of rotatable bonds is 9. The molecule has 3 heteroatoms. The average molecular weight is 385 g/mol. The van der Waals surface area contributed by atoms with Crippen LogP contribution in [0.5, 0.6) is 11.5 Å². The number of hydrogen-bond donors (Lipinski definition) is 0. The van der Waals surface area contributed by atoms with Crippen molar-refractivity contribution in [2.75, 3.05) is 14.2 Å². The maximum atomic E-state index is 11.9. The minimum absolute atomic E-state index is 0.214. The minimum Gasteiger partial charge on any atom is -0.497 e. The molecule has 28 heavy (non-hydrogen) atoms. The Kier molecular flexibility index (Phi) is 10.4. The summed E-state index contributed by atoms with van der Waals surface area (Å²) in [5, 5.41) is 0. The standard InChI is InChI=1S/C23H30O3.C2H6/c1-6-18(20-9-12-23(26-5)16(2)13-20)15-21(14-17(3)24)19-7-10-22(25-4)11-8-19;1-2/h7-13,18,21H,6,14-15H2,1-5H3;1-2H3. The lowest BCUT2D eigenvalue weighted by molar-refractivity contribution is -0.117. The second-order valence-corrected chi connectivity index (χ2v) is 6.95. The predicted octanol–water partition coefficient (Wildman–Crippen LogP) is 6.69. The smallest absolute Gasteiger partial charge is 0.130 e. The molecule has 0 heterocycles. The minimum atomic E-state index is 0.214. The van der Waals surface area contributed by atoms with Crippen LogP contribution in [0.15, 0.2) is 42.5 Å². The largest absolute Gasteiger partial charge is 0.497 e. The zero-order valence-electron chi connectivity index (χ0n) is 18.5. The van der Waals surface area contributed by atoms with E-state index in [1.807, 2.05) is 32.0 Å². The number of carbonyl (C=O) groups is 1. The van der Waals surface area contributed by atoms with Gasteiger partial charge in [0, 0.05) is 6.42 Å². The first-order chi connectivity index (χ1) is 13.5. The first-order valence-electron chi connectivity index (χ1n) is 10.3. The predicted molar refractivity (Wildman–Crippen MR) is 118 cm³/mol. The Balaban J connectivity index is 0.00000190. The zero-order valence-corrected chi connectivity index (χ0v) is 18.5. The fraction of sp³-hybridized carbons (Fsp3) is 0.480. The van der Waals surface area contributed by atoms with Crippen LogP contribution in [0.25, 0.3) is 0 Å². The third-order valence-electron chi connectivity index (χ3n) is 5.07. The van der Waals surface area contributed by atoms with Gasteiger partial charge in [0.15, 0.2) is 0 Å². The maximum Gasteiger partial charge on any atom is 0.130 e. The first kappa shape index (κ1) is 23.7. The van der Waals surface area contributed by atoms with E-state index in [9.17, 15) is 4.79 Å². The Hall–Kier alpha value is -2.29. The summed E-state index contributed by atoms with van der Waals surface area (Å²) < 4.78 is 10.6. The highest BCUT2D eigenvalue weighted by Crippen LogP contribution is 2.36. The van der Waals surface area contributed by atoms with Crippen molar-refractivity contribution in [3.63, 3.8) is 0 Å². The Morgan fingerprint density at radius 3 is 2.00 bits per heavy atom. The maximum absolute atomic E-state index is 11.9. The van der Waals surface area contributed by atoms with Crippen molar-refractivity contribution in [2.24, 2.45) is 0 Å². The van der Waals surface area contributed by atoms with Gasteiger partial charge in [0.1, 0.15) is 17.3 Å². The molecule has 0 saturated heterocycles. The SMILES string of the molecule is CC.CCC(CC(CC(C)=O)c1ccc(OC)cc1)c1ccc(OC)c(C)c1. The van der Waals surface area contributed by atoms with E-state index in [1.165, 1.54) is 11.1 Å². The lowest BCUT2D eigenvalue weighted by atomic mass is 9.81. The van der Waals surface area contributed by atoms with Crippen molar-refractivity contribution in [3.8, 4) is 11.5 Å². The van der Waals surface area contributed by atoms with Gasteiger partial charge in [0.25, 0.3) is 0 Å². The van der Waals surface area contributed by atoms with Gasteiger partial charge in [0.2, 0.25) is 0 Å². The Morgan fingerprint density at radius 2 is 1.54 bits per heavy atom. The molecule has 0 aliphatic rings. The van der Waals surface area contributed by atoms with E-state index < -0.39 is 0 Å². The molecule has 2 aromatic rings.